The van der Waals surface area contributed by atoms with Crippen molar-refractivity contribution in [3.63, 3.8) is 0 Å². The molecule has 3 rings (SSSR count). The predicted octanol–water partition coefficient (Wildman–Crippen LogP) is 1.20. The second kappa shape index (κ2) is 11.3. The molecule has 0 saturated carbocycles. The average Bonchev–Trinajstić information content (AvgIpc) is 2.79. The lowest BCUT2D eigenvalue weighted by Gasteiger charge is -2.41. The highest BCUT2D eigenvalue weighted by Gasteiger charge is 2.34. The number of piperidine rings is 2. The van der Waals surface area contributed by atoms with Gasteiger partial charge >= 0.3 is 5.97 Å². The fourth-order valence-electron chi connectivity index (χ4n) is 5.11. The van der Waals surface area contributed by atoms with Gasteiger partial charge < -0.3 is 14.5 Å². The van der Waals surface area contributed by atoms with Gasteiger partial charge in [-0.1, -0.05) is 0 Å². The summed E-state index contributed by atoms with van der Waals surface area (Å²) in [6.45, 7) is 12.0. The van der Waals surface area contributed by atoms with E-state index in [9.17, 15) is 14.4 Å². The van der Waals surface area contributed by atoms with Gasteiger partial charge in [0.25, 0.3) is 0 Å². The summed E-state index contributed by atoms with van der Waals surface area (Å²) in [6.07, 6.45) is 5.06. The summed E-state index contributed by atoms with van der Waals surface area (Å²) in [5, 5.41) is 0. The van der Waals surface area contributed by atoms with Crippen molar-refractivity contribution in [1.82, 2.24) is 19.6 Å². The van der Waals surface area contributed by atoms with Crippen LogP contribution >= 0.6 is 0 Å². The molecule has 3 saturated heterocycles. The van der Waals surface area contributed by atoms with Crippen LogP contribution in [0.15, 0.2) is 0 Å². The van der Waals surface area contributed by atoms with Gasteiger partial charge in [0.15, 0.2) is 0 Å². The van der Waals surface area contributed by atoms with Crippen molar-refractivity contribution >= 4 is 17.8 Å². The minimum atomic E-state index is -0.207. The zero-order valence-electron chi connectivity index (χ0n) is 19.6. The first kappa shape index (κ1) is 24.0. The number of carbonyl (C=O) groups is 3. The van der Waals surface area contributed by atoms with Crippen LogP contribution in [0.3, 0.4) is 0 Å². The molecule has 8 heteroatoms. The molecule has 3 aliphatic heterocycles. The van der Waals surface area contributed by atoms with Crippen molar-refractivity contribution in [2.45, 2.75) is 65.0 Å². The highest BCUT2D eigenvalue weighted by Crippen LogP contribution is 2.21. The van der Waals surface area contributed by atoms with E-state index < -0.39 is 0 Å². The summed E-state index contributed by atoms with van der Waals surface area (Å²) in [5.74, 6) is -0.0531. The van der Waals surface area contributed by atoms with Crippen LogP contribution in [0.4, 0.5) is 0 Å². The van der Waals surface area contributed by atoms with Crippen LogP contribution in [0.1, 0.15) is 52.9 Å². The number of piperazine rings is 1. The largest absolute Gasteiger partial charge is 0.466 e. The maximum atomic E-state index is 13.1. The summed E-state index contributed by atoms with van der Waals surface area (Å²) < 4.78 is 5.16. The first-order valence-corrected chi connectivity index (χ1v) is 12.1. The summed E-state index contributed by atoms with van der Waals surface area (Å²) in [6, 6.07) is 0.143. The van der Waals surface area contributed by atoms with E-state index in [0.717, 1.165) is 58.4 Å². The van der Waals surface area contributed by atoms with E-state index in [1.807, 2.05) is 23.6 Å². The Morgan fingerprint density at radius 2 is 1.71 bits per heavy atom. The Bertz CT molecular complexity index is 635. The molecular weight excluding hydrogens is 396 g/mol. The van der Waals surface area contributed by atoms with Crippen LogP contribution < -0.4 is 0 Å². The highest BCUT2D eigenvalue weighted by molar-refractivity contribution is 5.83. The third-order valence-electron chi connectivity index (χ3n) is 7.15. The van der Waals surface area contributed by atoms with Crippen LogP contribution in [-0.2, 0) is 19.1 Å². The van der Waals surface area contributed by atoms with Gasteiger partial charge in [0.2, 0.25) is 11.8 Å². The number of nitrogens with zero attached hydrogens (tertiary/aromatic N) is 4. The quantitative estimate of drug-likeness (QED) is 0.583. The van der Waals surface area contributed by atoms with E-state index in [1.165, 1.54) is 6.42 Å². The van der Waals surface area contributed by atoms with Crippen molar-refractivity contribution in [1.29, 1.82) is 0 Å². The fraction of sp³-hybridized carbons (Fsp3) is 0.870. The maximum absolute atomic E-state index is 13.1. The standard InChI is InChI=1S/C23H40N4O4/c1-4-31-23(30)20-9-7-10-26(16-20)22(29)19(3)25-14-12-24(13-15-25)17-21(28)27-11-6-5-8-18(27)2/h18-20H,4-17H2,1-3H3. The maximum Gasteiger partial charge on any atom is 0.310 e. The predicted molar refractivity (Wildman–Crippen MR) is 118 cm³/mol. The third kappa shape index (κ3) is 6.19. The molecule has 3 aliphatic rings. The number of hydrogen-bond donors (Lipinski definition) is 0. The minimum Gasteiger partial charge on any atom is -0.466 e. The van der Waals surface area contributed by atoms with E-state index in [-0.39, 0.29) is 29.7 Å². The van der Waals surface area contributed by atoms with Crippen LogP contribution in [0, 0.1) is 5.92 Å². The van der Waals surface area contributed by atoms with Gasteiger partial charge in [0.1, 0.15) is 0 Å². The fourth-order valence-corrected chi connectivity index (χ4v) is 5.11. The molecule has 8 nitrogen and oxygen atoms in total. The second-order valence-corrected chi connectivity index (χ2v) is 9.30. The zero-order chi connectivity index (χ0) is 22.4. The first-order valence-electron chi connectivity index (χ1n) is 12.1. The topological polar surface area (TPSA) is 73.4 Å². The molecular formula is C23H40N4O4. The van der Waals surface area contributed by atoms with Crippen LogP contribution in [0.25, 0.3) is 0 Å². The van der Waals surface area contributed by atoms with Crippen molar-refractivity contribution < 1.29 is 19.1 Å². The van der Waals surface area contributed by atoms with Gasteiger partial charge in [0.05, 0.1) is 25.1 Å². The lowest BCUT2D eigenvalue weighted by Crippen LogP contribution is -2.57. The average molecular weight is 437 g/mol. The Balaban J connectivity index is 1.45. The molecule has 0 aromatic rings. The number of carbonyl (C=O) groups excluding carboxylic acids is 3. The molecule has 3 heterocycles. The van der Waals surface area contributed by atoms with Crippen LogP contribution in [0.2, 0.25) is 0 Å². The number of ether oxygens (including phenoxy) is 1. The van der Waals surface area contributed by atoms with Gasteiger partial charge in [-0.15, -0.1) is 0 Å². The molecule has 2 amide bonds. The Kier molecular flexibility index (Phi) is 8.72. The lowest BCUT2D eigenvalue weighted by molar-refractivity contribution is -0.152. The van der Waals surface area contributed by atoms with Gasteiger partial charge in [-0.3, -0.25) is 24.2 Å². The minimum absolute atomic E-state index is 0.0978. The summed E-state index contributed by atoms with van der Waals surface area (Å²) >= 11 is 0. The summed E-state index contributed by atoms with van der Waals surface area (Å²) in [5.41, 5.74) is 0. The Morgan fingerprint density at radius 3 is 2.39 bits per heavy atom. The van der Waals surface area contributed by atoms with Gasteiger partial charge in [-0.2, -0.15) is 0 Å². The summed E-state index contributed by atoms with van der Waals surface area (Å²) in [4.78, 5) is 46.2. The van der Waals surface area contributed by atoms with Gasteiger partial charge in [0, 0.05) is 51.9 Å². The molecule has 0 radical (unpaired) electrons. The zero-order valence-corrected chi connectivity index (χ0v) is 19.6. The molecule has 3 fully saturated rings. The van der Waals surface area contributed by atoms with E-state index in [2.05, 4.69) is 16.7 Å². The number of hydrogen-bond acceptors (Lipinski definition) is 6. The second-order valence-electron chi connectivity index (χ2n) is 9.30. The van der Waals surface area contributed by atoms with Crippen molar-refractivity contribution in [2.75, 3.05) is 59.0 Å². The molecule has 3 unspecified atom stereocenters. The Morgan fingerprint density at radius 1 is 0.968 bits per heavy atom. The molecule has 0 aromatic heterocycles. The molecule has 0 spiro atoms. The number of likely N-dealkylation sites (tertiary alicyclic amines) is 2. The number of rotatable bonds is 6. The van der Waals surface area contributed by atoms with Crippen LogP contribution in [0.5, 0.6) is 0 Å². The SMILES string of the molecule is CCOC(=O)C1CCCN(C(=O)C(C)N2CCN(CC(=O)N3CCCCC3C)CC2)C1. The number of amides is 2. The third-order valence-corrected chi connectivity index (χ3v) is 7.15. The van der Waals surface area contributed by atoms with E-state index in [1.54, 1.807) is 0 Å². The van der Waals surface area contributed by atoms with E-state index in [0.29, 0.717) is 32.3 Å². The molecule has 3 atom stereocenters. The molecule has 31 heavy (non-hydrogen) atoms. The molecule has 0 bridgehead atoms. The monoisotopic (exact) mass is 436 g/mol. The van der Waals surface area contributed by atoms with E-state index in [4.69, 9.17) is 4.74 Å². The summed E-state index contributed by atoms with van der Waals surface area (Å²) in [7, 11) is 0. The normalized spacial score (nSPS) is 27.1. The van der Waals surface area contributed by atoms with Crippen LogP contribution in [-0.4, -0.2) is 108 Å². The molecule has 0 aromatic carbocycles. The van der Waals surface area contributed by atoms with Crippen molar-refractivity contribution in [3.8, 4) is 0 Å². The lowest BCUT2D eigenvalue weighted by atomic mass is 9.97. The Labute approximate surface area is 186 Å². The molecule has 0 aliphatic carbocycles. The first-order chi connectivity index (χ1) is 14.9. The Hall–Kier alpha value is -1.67. The molecule has 0 N–H and O–H groups in total. The van der Waals surface area contributed by atoms with Gasteiger partial charge in [-0.05, 0) is 52.9 Å². The molecule has 176 valence electrons. The van der Waals surface area contributed by atoms with E-state index >= 15 is 0 Å². The highest BCUT2D eigenvalue weighted by atomic mass is 16.5. The van der Waals surface area contributed by atoms with Crippen molar-refractivity contribution in [2.24, 2.45) is 5.92 Å². The smallest absolute Gasteiger partial charge is 0.310 e. The number of esters is 1. The van der Waals surface area contributed by atoms with Crippen molar-refractivity contribution in [3.05, 3.63) is 0 Å². The van der Waals surface area contributed by atoms with Gasteiger partial charge in [-0.25, -0.2) is 0 Å².